The molecule has 0 aliphatic heterocycles. The van der Waals surface area contributed by atoms with Crippen LogP contribution in [0.4, 0.5) is 0 Å². The van der Waals surface area contributed by atoms with Crippen molar-refractivity contribution in [2.75, 3.05) is 0 Å². The third-order valence-corrected chi connectivity index (χ3v) is 0.824. The molecule has 3 heteroatoms. The molecule has 0 heterocycles. The lowest BCUT2D eigenvalue weighted by Crippen LogP contribution is -1.97. The summed E-state index contributed by atoms with van der Waals surface area (Å²) in [7, 11) is 0. The predicted octanol–water partition coefficient (Wildman–Crippen LogP) is -0.574. The molecule has 0 aromatic carbocycles. The van der Waals surface area contributed by atoms with Crippen molar-refractivity contribution in [1.82, 2.24) is 0 Å². The van der Waals surface area contributed by atoms with E-state index in [-0.39, 0.29) is 17.0 Å². The van der Waals surface area contributed by atoms with E-state index in [1.165, 1.54) is 24.3 Å². The predicted molar refractivity (Wildman–Crippen MR) is 31.9 cm³/mol. The van der Waals surface area contributed by atoms with Gasteiger partial charge in [0.2, 0.25) is 0 Å². The van der Waals surface area contributed by atoms with Gasteiger partial charge in [0.1, 0.15) is 0 Å². The minimum absolute atomic E-state index is 0. The molecule has 0 atom stereocenters. The first kappa shape index (κ1) is 7.78. The molecule has 48 valence electrons. The van der Waals surface area contributed by atoms with Crippen LogP contribution in [0.3, 0.4) is 0 Å². The number of ketones is 2. The SMILES string of the molecule is O.O=C1C=CC(=O)C=C1. The number of hydrogen-bond donors (Lipinski definition) is 0. The van der Waals surface area contributed by atoms with Gasteiger partial charge in [-0.05, 0) is 24.3 Å². The minimum Gasteiger partial charge on any atom is -0.412 e. The van der Waals surface area contributed by atoms with E-state index in [9.17, 15) is 9.59 Å². The number of hydrogen-bond acceptors (Lipinski definition) is 2. The van der Waals surface area contributed by atoms with Crippen LogP contribution in [-0.2, 0) is 9.59 Å². The lowest BCUT2D eigenvalue weighted by Gasteiger charge is -1.87. The first-order valence-electron chi connectivity index (χ1n) is 2.23. The van der Waals surface area contributed by atoms with Crippen LogP contribution >= 0.6 is 0 Å². The zero-order valence-corrected chi connectivity index (χ0v) is 4.63. The Labute approximate surface area is 52.0 Å². The summed E-state index contributed by atoms with van der Waals surface area (Å²) in [5.74, 6) is -0.241. The summed E-state index contributed by atoms with van der Waals surface area (Å²) in [5.41, 5.74) is 0. The Bertz CT molecular complexity index is 150. The van der Waals surface area contributed by atoms with Gasteiger partial charge < -0.3 is 5.48 Å². The van der Waals surface area contributed by atoms with E-state index < -0.39 is 0 Å². The molecule has 0 amide bonds. The average Bonchev–Trinajstić information content (AvgIpc) is 1.77. The fraction of sp³-hybridized carbons (Fsp3) is 0. The lowest BCUT2D eigenvalue weighted by atomic mass is 10.2. The van der Waals surface area contributed by atoms with E-state index in [4.69, 9.17) is 0 Å². The van der Waals surface area contributed by atoms with Gasteiger partial charge in [-0.2, -0.15) is 0 Å². The largest absolute Gasteiger partial charge is 0.412 e. The van der Waals surface area contributed by atoms with Crippen molar-refractivity contribution >= 4 is 11.6 Å². The Morgan fingerprint density at radius 2 is 1.00 bits per heavy atom. The van der Waals surface area contributed by atoms with Crippen LogP contribution in [0.15, 0.2) is 24.3 Å². The summed E-state index contributed by atoms with van der Waals surface area (Å²) in [5, 5.41) is 0. The van der Waals surface area contributed by atoms with Gasteiger partial charge in [-0.3, -0.25) is 9.59 Å². The van der Waals surface area contributed by atoms with Crippen molar-refractivity contribution in [3.8, 4) is 0 Å². The van der Waals surface area contributed by atoms with Crippen LogP contribution in [-0.4, -0.2) is 17.0 Å². The molecule has 2 N–H and O–H groups in total. The molecule has 1 aliphatic carbocycles. The fourth-order valence-corrected chi connectivity index (χ4v) is 0.440. The van der Waals surface area contributed by atoms with Gasteiger partial charge in [0, 0.05) is 0 Å². The van der Waals surface area contributed by atoms with Gasteiger partial charge in [0.05, 0.1) is 0 Å². The molecule has 0 unspecified atom stereocenters. The van der Waals surface area contributed by atoms with E-state index in [1.54, 1.807) is 0 Å². The third-order valence-electron chi connectivity index (χ3n) is 0.824. The summed E-state index contributed by atoms with van der Waals surface area (Å²) in [4.78, 5) is 20.6. The summed E-state index contributed by atoms with van der Waals surface area (Å²) in [6, 6.07) is 0. The minimum atomic E-state index is -0.121. The third kappa shape index (κ3) is 2.01. The fourth-order valence-electron chi connectivity index (χ4n) is 0.440. The highest BCUT2D eigenvalue weighted by Gasteiger charge is 1.97. The van der Waals surface area contributed by atoms with Gasteiger partial charge in [0.15, 0.2) is 11.6 Å². The van der Waals surface area contributed by atoms with Crippen LogP contribution < -0.4 is 0 Å². The maximum Gasteiger partial charge on any atom is 0.178 e. The van der Waals surface area contributed by atoms with Gasteiger partial charge in [0.25, 0.3) is 0 Å². The van der Waals surface area contributed by atoms with Crippen molar-refractivity contribution in [1.29, 1.82) is 0 Å². The second-order valence-electron chi connectivity index (χ2n) is 1.47. The first-order chi connectivity index (χ1) is 3.79. The molecule has 9 heavy (non-hydrogen) atoms. The summed E-state index contributed by atoms with van der Waals surface area (Å²) in [6.45, 7) is 0. The monoisotopic (exact) mass is 126 g/mol. The van der Waals surface area contributed by atoms with Gasteiger partial charge in [-0.15, -0.1) is 0 Å². The van der Waals surface area contributed by atoms with Gasteiger partial charge in [-0.25, -0.2) is 0 Å². The average molecular weight is 126 g/mol. The van der Waals surface area contributed by atoms with Crippen molar-refractivity contribution in [3.05, 3.63) is 24.3 Å². The van der Waals surface area contributed by atoms with Crippen LogP contribution in [0.25, 0.3) is 0 Å². The lowest BCUT2D eigenvalue weighted by molar-refractivity contribution is -0.113. The molecule has 0 spiro atoms. The van der Waals surface area contributed by atoms with Crippen molar-refractivity contribution in [2.45, 2.75) is 0 Å². The van der Waals surface area contributed by atoms with Crippen LogP contribution in [0.2, 0.25) is 0 Å². The van der Waals surface area contributed by atoms with E-state index >= 15 is 0 Å². The van der Waals surface area contributed by atoms with E-state index in [2.05, 4.69) is 0 Å². The maximum atomic E-state index is 10.3. The quantitative estimate of drug-likeness (QED) is 0.408. The topological polar surface area (TPSA) is 65.6 Å². The molecule has 0 bridgehead atoms. The number of allylic oxidation sites excluding steroid dienone is 4. The normalized spacial score (nSPS) is 15.6. The molecular weight excluding hydrogens is 120 g/mol. The Morgan fingerprint density at radius 3 is 1.22 bits per heavy atom. The highest BCUT2D eigenvalue weighted by atomic mass is 16.1. The summed E-state index contributed by atoms with van der Waals surface area (Å²) < 4.78 is 0. The second-order valence-corrected chi connectivity index (χ2v) is 1.47. The Kier molecular flexibility index (Phi) is 2.54. The first-order valence-corrected chi connectivity index (χ1v) is 2.23. The molecule has 0 saturated heterocycles. The Balaban J connectivity index is 0.000000640. The smallest absolute Gasteiger partial charge is 0.178 e. The molecular formula is C6H6O3. The van der Waals surface area contributed by atoms with Crippen LogP contribution in [0.1, 0.15) is 0 Å². The molecule has 3 nitrogen and oxygen atoms in total. The van der Waals surface area contributed by atoms with E-state index in [0.29, 0.717) is 0 Å². The van der Waals surface area contributed by atoms with Gasteiger partial charge >= 0.3 is 0 Å². The molecule has 0 saturated carbocycles. The number of carbonyl (C=O) groups is 2. The van der Waals surface area contributed by atoms with Gasteiger partial charge in [-0.1, -0.05) is 0 Å². The Hall–Kier alpha value is -1.22. The highest BCUT2D eigenvalue weighted by molar-refractivity contribution is 6.14. The Morgan fingerprint density at radius 1 is 0.778 bits per heavy atom. The second kappa shape index (κ2) is 2.94. The van der Waals surface area contributed by atoms with Crippen molar-refractivity contribution < 1.29 is 15.1 Å². The number of rotatable bonds is 0. The van der Waals surface area contributed by atoms with Crippen LogP contribution in [0.5, 0.6) is 0 Å². The highest BCUT2D eigenvalue weighted by Crippen LogP contribution is 1.90. The zero-order chi connectivity index (χ0) is 5.98. The molecule has 0 aromatic rings. The van der Waals surface area contributed by atoms with Crippen molar-refractivity contribution in [3.63, 3.8) is 0 Å². The van der Waals surface area contributed by atoms with E-state index in [1.807, 2.05) is 0 Å². The van der Waals surface area contributed by atoms with E-state index in [0.717, 1.165) is 0 Å². The number of carbonyl (C=O) groups excluding carboxylic acids is 2. The molecule has 1 rings (SSSR count). The van der Waals surface area contributed by atoms with Crippen molar-refractivity contribution in [2.24, 2.45) is 0 Å². The maximum absolute atomic E-state index is 10.3. The molecule has 0 radical (unpaired) electrons. The molecule has 1 aliphatic rings. The summed E-state index contributed by atoms with van der Waals surface area (Å²) >= 11 is 0. The summed E-state index contributed by atoms with van der Waals surface area (Å²) in [6.07, 6.45) is 5.01. The van der Waals surface area contributed by atoms with Crippen LogP contribution in [0, 0.1) is 0 Å². The zero-order valence-electron chi connectivity index (χ0n) is 4.63. The molecule has 0 aromatic heterocycles. The standard InChI is InChI=1S/C6H4O2.H2O/c7-5-1-2-6(8)4-3-5;/h1-4H;1H2. The molecule has 0 fully saturated rings.